The van der Waals surface area contributed by atoms with Gasteiger partial charge in [-0.15, -0.1) is 0 Å². The van der Waals surface area contributed by atoms with Gasteiger partial charge < -0.3 is 14.9 Å². The van der Waals surface area contributed by atoms with Crippen LogP contribution in [0.2, 0.25) is 0 Å². The Morgan fingerprint density at radius 1 is 1.41 bits per heavy atom. The van der Waals surface area contributed by atoms with Gasteiger partial charge >= 0.3 is 12.0 Å². The maximum absolute atomic E-state index is 12.1. The van der Waals surface area contributed by atoms with E-state index in [-0.39, 0.29) is 6.03 Å². The van der Waals surface area contributed by atoms with Crippen molar-refractivity contribution in [1.29, 1.82) is 0 Å². The molecule has 0 aromatic carbocycles. The standard InChI is InChI=1S/C11H20N2O3S/c1-3-9(10(14)15)12(2)11(16)13-5-4-7-17-8-6-13/h9H,3-8H2,1-2H3,(H,14,15). The van der Waals surface area contributed by atoms with E-state index < -0.39 is 12.0 Å². The quantitative estimate of drug-likeness (QED) is 0.832. The molecule has 1 fully saturated rings. The van der Waals surface area contributed by atoms with Crippen LogP contribution in [0, 0.1) is 0 Å². The lowest BCUT2D eigenvalue weighted by Crippen LogP contribution is -2.49. The molecule has 17 heavy (non-hydrogen) atoms. The Morgan fingerprint density at radius 3 is 2.71 bits per heavy atom. The molecule has 1 saturated heterocycles. The molecule has 6 heteroatoms. The number of carbonyl (C=O) groups is 2. The number of carboxylic acids is 1. The van der Waals surface area contributed by atoms with Gasteiger partial charge in [0.05, 0.1) is 0 Å². The zero-order valence-electron chi connectivity index (χ0n) is 10.4. The van der Waals surface area contributed by atoms with Crippen molar-refractivity contribution in [2.24, 2.45) is 0 Å². The molecule has 5 nitrogen and oxygen atoms in total. The first kappa shape index (κ1) is 14.2. The first-order valence-electron chi connectivity index (χ1n) is 5.90. The number of likely N-dealkylation sites (N-methyl/N-ethyl adjacent to an activating group) is 1. The molecule has 0 saturated carbocycles. The monoisotopic (exact) mass is 260 g/mol. The summed E-state index contributed by atoms with van der Waals surface area (Å²) < 4.78 is 0. The van der Waals surface area contributed by atoms with Crippen LogP contribution in [0.15, 0.2) is 0 Å². The predicted molar refractivity (Wildman–Crippen MR) is 68.4 cm³/mol. The molecule has 0 aromatic heterocycles. The molecule has 0 bridgehead atoms. The Balaban J connectivity index is 2.63. The molecule has 98 valence electrons. The first-order chi connectivity index (χ1) is 8.07. The van der Waals surface area contributed by atoms with Crippen LogP contribution in [0.1, 0.15) is 19.8 Å². The van der Waals surface area contributed by atoms with Crippen molar-refractivity contribution in [1.82, 2.24) is 9.80 Å². The summed E-state index contributed by atoms with van der Waals surface area (Å²) in [6.45, 7) is 3.22. The van der Waals surface area contributed by atoms with Crippen LogP contribution >= 0.6 is 11.8 Å². The van der Waals surface area contributed by atoms with Crippen molar-refractivity contribution in [3.63, 3.8) is 0 Å². The average Bonchev–Trinajstić information content (AvgIpc) is 2.56. The van der Waals surface area contributed by atoms with Crippen LogP contribution in [0.5, 0.6) is 0 Å². The van der Waals surface area contributed by atoms with Crippen LogP contribution < -0.4 is 0 Å². The van der Waals surface area contributed by atoms with Gasteiger partial charge in [-0.25, -0.2) is 9.59 Å². The molecule has 1 unspecified atom stereocenters. The van der Waals surface area contributed by atoms with Crippen LogP contribution in [0.25, 0.3) is 0 Å². The van der Waals surface area contributed by atoms with Crippen LogP contribution in [0.3, 0.4) is 0 Å². The minimum absolute atomic E-state index is 0.165. The summed E-state index contributed by atoms with van der Waals surface area (Å²) in [5.41, 5.74) is 0. The van der Waals surface area contributed by atoms with Crippen LogP contribution in [-0.2, 0) is 4.79 Å². The second-order valence-corrected chi connectivity index (χ2v) is 5.33. The highest BCUT2D eigenvalue weighted by Crippen LogP contribution is 2.13. The first-order valence-corrected chi connectivity index (χ1v) is 7.05. The molecule has 1 aliphatic heterocycles. The number of thioether (sulfide) groups is 1. The van der Waals surface area contributed by atoms with E-state index in [1.54, 1.807) is 18.9 Å². The molecule has 1 rings (SSSR count). The van der Waals surface area contributed by atoms with Crippen LogP contribution in [-0.4, -0.2) is 64.6 Å². The van der Waals surface area contributed by atoms with Gasteiger partial charge in [0.25, 0.3) is 0 Å². The van der Waals surface area contributed by atoms with Crippen molar-refractivity contribution in [2.75, 3.05) is 31.6 Å². The third-order valence-electron chi connectivity index (χ3n) is 2.93. The number of aliphatic carboxylic acids is 1. The van der Waals surface area contributed by atoms with Gasteiger partial charge in [-0.2, -0.15) is 11.8 Å². The molecule has 1 heterocycles. The fourth-order valence-corrected chi connectivity index (χ4v) is 2.79. The van der Waals surface area contributed by atoms with Gasteiger partial charge in [-0.05, 0) is 18.6 Å². The summed E-state index contributed by atoms with van der Waals surface area (Å²) in [7, 11) is 1.57. The normalized spacial score (nSPS) is 18.4. The number of amides is 2. The molecule has 0 radical (unpaired) electrons. The molecule has 0 aromatic rings. The van der Waals surface area contributed by atoms with Gasteiger partial charge in [-0.3, -0.25) is 0 Å². The lowest BCUT2D eigenvalue weighted by Gasteiger charge is -2.30. The Kier molecular flexibility index (Phi) is 5.61. The number of hydrogen-bond donors (Lipinski definition) is 1. The van der Waals surface area contributed by atoms with Crippen molar-refractivity contribution in [3.8, 4) is 0 Å². The smallest absolute Gasteiger partial charge is 0.326 e. The zero-order valence-corrected chi connectivity index (χ0v) is 11.2. The van der Waals surface area contributed by atoms with E-state index in [9.17, 15) is 9.59 Å². The summed E-state index contributed by atoms with van der Waals surface area (Å²) in [5, 5.41) is 9.03. The van der Waals surface area contributed by atoms with Gasteiger partial charge in [-0.1, -0.05) is 6.92 Å². The molecule has 1 aliphatic rings. The van der Waals surface area contributed by atoms with Gasteiger partial charge in [0.2, 0.25) is 0 Å². The maximum atomic E-state index is 12.1. The summed E-state index contributed by atoms with van der Waals surface area (Å²) in [6, 6.07) is -0.889. The topological polar surface area (TPSA) is 60.9 Å². The Morgan fingerprint density at radius 2 is 2.12 bits per heavy atom. The Labute approximate surface area is 106 Å². The highest BCUT2D eigenvalue weighted by Gasteiger charge is 2.28. The van der Waals surface area contributed by atoms with Gasteiger partial charge in [0.15, 0.2) is 0 Å². The number of nitrogens with zero attached hydrogens (tertiary/aromatic N) is 2. The van der Waals surface area contributed by atoms with Crippen molar-refractivity contribution in [3.05, 3.63) is 0 Å². The van der Waals surface area contributed by atoms with E-state index >= 15 is 0 Å². The Bertz CT molecular complexity index is 278. The van der Waals surface area contributed by atoms with Gasteiger partial charge in [0.1, 0.15) is 6.04 Å². The maximum Gasteiger partial charge on any atom is 0.326 e. The lowest BCUT2D eigenvalue weighted by molar-refractivity contribution is -0.142. The fraction of sp³-hybridized carbons (Fsp3) is 0.818. The van der Waals surface area contributed by atoms with E-state index in [2.05, 4.69) is 0 Å². The SMILES string of the molecule is CCC(C(=O)O)N(C)C(=O)N1CCCSCC1. The summed E-state index contributed by atoms with van der Waals surface area (Å²) >= 11 is 1.84. The third kappa shape index (κ3) is 3.80. The zero-order chi connectivity index (χ0) is 12.8. The lowest BCUT2D eigenvalue weighted by atomic mass is 10.2. The second-order valence-electron chi connectivity index (χ2n) is 4.11. The number of rotatable bonds is 3. The van der Waals surface area contributed by atoms with Crippen molar-refractivity contribution >= 4 is 23.8 Å². The van der Waals surface area contributed by atoms with Crippen molar-refractivity contribution in [2.45, 2.75) is 25.8 Å². The minimum Gasteiger partial charge on any atom is -0.480 e. The summed E-state index contributed by atoms with van der Waals surface area (Å²) in [4.78, 5) is 26.2. The number of carboxylic acid groups (broad SMARTS) is 1. The molecule has 0 aliphatic carbocycles. The molecule has 2 amide bonds. The largest absolute Gasteiger partial charge is 0.480 e. The number of hydrogen-bond acceptors (Lipinski definition) is 3. The predicted octanol–water partition coefficient (Wildman–Crippen LogP) is 1.34. The molecule has 1 N–H and O–H groups in total. The molecular formula is C11H20N2O3S. The summed E-state index contributed by atoms with van der Waals surface area (Å²) in [5.74, 6) is 1.07. The van der Waals surface area contributed by atoms with Crippen molar-refractivity contribution < 1.29 is 14.7 Å². The van der Waals surface area contributed by atoms with E-state index in [0.29, 0.717) is 13.0 Å². The third-order valence-corrected chi connectivity index (χ3v) is 3.98. The number of urea groups is 1. The average molecular weight is 260 g/mol. The van der Waals surface area contributed by atoms with E-state index in [4.69, 9.17) is 5.11 Å². The Hall–Kier alpha value is -0.910. The molecule has 1 atom stereocenters. The highest BCUT2D eigenvalue weighted by molar-refractivity contribution is 7.99. The molecule has 0 spiro atoms. The van der Waals surface area contributed by atoms with Gasteiger partial charge in [0, 0.05) is 25.9 Å². The highest BCUT2D eigenvalue weighted by atomic mass is 32.2. The minimum atomic E-state index is -0.937. The van der Waals surface area contributed by atoms with E-state index in [1.807, 2.05) is 11.8 Å². The summed E-state index contributed by atoms with van der Waals surface area (Å²) in [6.07, 6.45) is 1.41. The van der Waals surface area contributed by atoms with E-state index in [0.717, 1.165) is 24.5 Å². The van der Waals surface area contributed by atoms with E-state index in [1.165, 1.54) is 4.90 Å². The number of carbonyl (C=O) groups excluding carboxylic acids is 1. The fourth-order valence-electron chi connectivity index (χ4n) is 1.91. The molecular weight excluding hydrogens is 240 g/mol. The van der Waals surface area contributed by atoms with Crippen LogP contribution in [0.4, 0.5) is 4.79 Å². The second kappa shape index (κ2) is 6.74.